The Hall–Kier alpha value is -3.22. The van der Waals surface area contributed by atoms with Gasteiger partial charge in [-0.2, -0.15) is 0 Å². The standard InChI is InChI=1S/C21H23N5O2/c1-28-20-18(5-3-9-24-20)21(27)25-11-6-17(7-12-25)19-23-10-13-26(19)15-16-4-2-8-22-14-16/h2-5,8-10,13-14,17H,6-7,11-12,15H2,1H3. The molecule has 0 aliphatic carbocycles. The summed E-state index contributed by atoms with van der Waals surface area (Å²) in [6.07, 6.45) is 10.9. The zero-order valence-corrected chi connectivity index (χ0v) is 15.9. The van der Waals surface area contributed by atoms with Gasteiger partial charge in [0.1, 0.15) is 11.4 Å². The number of rotatable bonds is 5. The molecule has 0 saturated carbocycles. The zero-order chi connectivity index (χ0) is 19.3. The molecule has 0 unspecified atom stereocenters. The number of pyridine rings is 2. The van der Waals surface area contributed by atoms with Crippen LogP contribution < -0.4 is 4.74 Å². The number of methoxy groups -OCH3 is 1. The largest absolute Gasteiger partial charge is 0.480 e. The van der Waals surface area contributed by atoms with Gasteiger partial charge < -0.3 is 14.2 Å². The van der Waals surface area contributed by atoms with Gasteiger partial charge in [0.25, 0.3) is 5.91 Å². The van der Waals surface area contributed by atoms with E-state index in [9.17, 15) is 4.79 Å². The Balaban J connectivity index is 1.42. The average Bonchev–Trinajstić information content (AvgIpc) is 3.22. The number of likely N-dealkylation sites (tertiary alicyclic amines) is 1. The molecule has 7 heteroatoms. The van der Waals surface area contributed by atoms with E-state index in [4.69, 9.17) is 4.74 Å². The highest BCUT2D eigenvalue weighted by Crippen LogP contribution is 2.29. The van der Waals surface area contributed by atoms with Crippen molar-refractivity contribution in [2.75, 3.05) is 20.2 Å². The van der Waals surface area contributed by atoms with Crippen LogP contribution >= 0.6 is 0 Å². The number of nitrogens with zero attached hydrogens (tertiary/aromatic N) is 5. The second-order valence-corrected chi connectivity index (χ2v) is 6.90. The summed E-state index contributed by atoms with van der Waals surface area (Å²) in [5.74, 6) is 1.77. The first-order valence-electron chi connectivity index (χ1n) is 9.44. The molecule has 1 saturated heterocycles. The Morgan fingerprint density at radius 2 is 1.96 bits per heavy atom. The minimum Gasteiger partial charge on any atom is -0.480 e. The number of hydrogen-bond acceptors (Lipinski definition) is 5. The first-order valence-corrected chi connectivity index (χ1v) is 9.44. The van der Waals surface area contributed by atoms with Gasteiger partial charge in [-0.15, -0.1) is 0 Å². The quantitative estimate of drug-likeness (QED) is 0.684. The van der Waals surface area contributed by atoms with E-state index in [2.05, 4.69) is 25.6 Å². The van der Waals surface area contributed by atoms with Crippen LogP contribution in [-0.2, 0) is 6.54 Å². The maximum atomic E-state index is 12.9. The predicted molar refractivity (Wildman–Crippen MR) is 104 cm³/mol. The normalized spacial score (nSPS) is 14.8. The van der Waals surface area contributed by atoms with Crippen LogP contribution in [0.25, 0.3) is 0 Å². The van der Waals surface area contributed by atoms with Crippen LogP contribution in [0.3, 0.4) is 0 Å². The summed E-state index contributed by atoms with van der Waals surface area (Å²) < 4.78 is 7.42. The number of piperidine rings is 1. The van der Waals surface area contributed by atoms with E-state index in [1.54, 1.807) is 24.5 Å². The van der Waals surface area contributed by atoms with Gasteiger partial charge in [-0.25, -0.2) is 9.97 Å². The van der Waals surface area contributed by atoms with Crippen molar-refractivity contribution in [2.45, 2.75) is 25.3 Å². The van der Waals surface area contributed by atoms with Gasteiger partial charge in [-0.1, -0.05) is 6.07 Å². The third kappa shape index (κ3) is 3.74. The van der Waals surface area contributed by atoms with E-state index in [0.717, 1.165) is 30.8 Å². The molecule has 1 aliphatic rings. The lowest BCUT2D eigenvalue weighted by molar-refractivity contribution is 0.0706. The number of hydrogen-bond donors (Lipinski definition) is 0. The summed E-state index contributed by atoms with van der Waals surface area (Å²) in [5.41, 5.74) is 1.67. The van der Waals surface area contributed by atoms with Gasteiger partial charge in [0.15, 0.2) is 0 Å². The van der Waals surface area contributed by atoms with Crippen LogP contribution in [0.2, 0.25) is 0 Å². The zero-order valence-electron chi connectivity index (χ0n) is 15.9. The average molecular weight is 377 g/mol. The van der Waals surface area contributed by atoms with Crippen molar-refractivity contribution >= 4 is 5.91 Å². The minimum absolute atomic E-state index is 0.0258. The Labute approximate surface area is 164 Å². The molecule has 0 bridgehead atoms. The van der Waals surface area contributed by atoms with Gasteiger partial charge in [0.05, 0.1) is 13.7 Å². The Bertz CT molecular complexity index is 933. The molecule has 0 spiro atoms. The number of amides is 1. The van der Waals surface area contributed by atoms with E-state index in [1.165, 1.54) is 7.11 Å². The molecule has 0 aromatic carbocycles. The first kappa shape index (κ1) is 18.2. The van der Waals surface area contributed by atoms with Crippen molar-refractivity contribution in [2.24, 2.45) is 0 Å². The lowest BCUT2D eigenvalue weighted by Crippen LogP contribution is -2.38. The van der Waals surface area contributed by atoms with Crippen molar-refractivity contribution in [1.82, 2.24) is 24.4 Å². The molecular formula is C21H23N5O2. The Kier molecular flexibility index (Phi) is 5.32. The maximum Gasteiger partial charge on any atom is 0.259 e. The molecule has 3 aromatic rings. The summed E-state index contributed by atoms with van der Waals surface area (Å²) in [5, 5.41) is 0. The fourth-order valence-electron chi connectivity index (χ4n) is 3.73. The van der Waals surface area contributed by atoms with Crippen molar-refractivity contribution in [3.8, 4) is 5.88 Å². The molecule has 0 atom stereocenters. The molecule has 1 fully saturated rings. The van der Waals surface area contributed by atoms with Crippen LogP contribution in [0.1, 0.15) is 40.5 Å². The molecule has 3 aromatic heterocycles. The molecule has 1 aliphatic heterocycles. The summed E-state index contributed by atoms with van der Waals surface area (Å²) in [6, 6.07) is 7.54. The maximum absolute atomic E-state index is 12.9. The predicted octanol–water partition coefficient (Wildman–Crippen LogP) is 2.75. The molecule has 28 heavy (non-hydrogen) atoms. The molecule has 0 radical (unpaired) electrons. The van der Waals surface area contributed by atoms with Crippen molar-refractivity contribution < 1.29 is 9.53 Å². The van der Waals surface area contributed by atoms with Gasteiger partial charge >= 0.3 is 0 Å². The number of carbonyl (C=O) groups is 1. The highest BCUT2D eigenvalue weighted by Gasteiger charge is 2.28. The van der Waals surface area contributed by atoms with Gasteiger partial charge in [-0.05, 0) is 36.6 Å². The van der Waals surface area contributed by atoms with Gasteiger partial charge in [0, 0.05) is 50.0 Å². The van der Waals surface area contributed by atoms with E-state index in [1.807, 2.05) is 29.6 Å². The summed E-state index contributed by atoms with van der Waals surface area (Å²) in [7, 11) is 1.54. The molecule has 0 N–H and O–H groups in total. The Morgan fingerprint density at radius 3 is 2.71 bits per heavy atom. The first-order chi connectivity index (χ1) is 13.8. The van der Waals surface area contributed by atoms with Gasteiger partial charge in [-0.3, -0.25) is 9.78 Å². The highest BCUT2D eigenvalue weighted by atomic mass is 16.5. The molecule has 144 valence electrons. The Morgan fingerprint density at radius 1 is 1.14 bits per heavy atom. The highest BCUT2D eigenvalue weighted by molar-refractivity contribution is 5.96. The van der Waals surface area contributed by atoms with Crippen LogP contribution in [0, 0.1) is 0 Å². The third-order valence-electron chi connectivity index (χ3n) is 5.17. The number of ether oxygens (including phenoxy) is 1. The van der Waals surface area contributed by atoms with E-state index < -0.39 is 0 Å². The summed E-state index contributed by atoms with van der Waals surface area (Å²) in [4.78, 5) is 27.7. The van der Waals surface area contributed by atoms with Crippen LogP contribution in [0.5, 0.6) is 5.88 Å². The van der Waals surface area contributed by atoms with Crippen LogP contribution in [0.4, 0.5) is 0 Å². The minimum atomic E-state index is -0.0258. The monoisotopic (exact) mass is 377 g/mol. The lowest BCUT2D eigenvalue weighted by Gasteiger charge is -2.32. The molecule has 1 amide bonds. The fraction of sp³-hybridized carbons (Fsp3) is 0.333. The van der Waals surface area contributed by atoms with Gasteiger partial charge in [0.2, 0.25) is 5.88 Å². The van der Waals surface area contributed by atoms with E-state index in [-0.39, 0.29) is 5.91 Å². The van der Waals surface area contributed by atoms with Crippen molar-refractivity contribution in [3.63, 3.8) is 0 Å². The molecule has 7 nitrogen and oxygen atoms in total. The smallest absolute Gasteiger partial charge is 0.259 e. The molecule has 4 heterocycles. The summed E-state index contributed by atoms with van der Waals surface area (Å²) >= 11 is 0. The van der Waals surface area contributed by atoms with E-state index >= 15 is 0 Å². The second-order valence-electron chi connectivity index (χ2n) is 6.90. The van der Waals surface area contributed by atoms with Crippen LogP contribution in [0.15, 0.2) is 55.2 Å². The SMILES string of the molecule is COc1ncccc1C(=O)N1CCC(c2nccn2Cc2cccnc2)CC1. The van der Waals surface area contributed by atoms with Crippen molar-refractivity contribution in [3.05, 3.63) is 72.2 Å². The number of aromatic nitrogens is 4. The summed E-state index contributed by atoms with van der Waals surface area (Å²) in [6.45, 7) is 2.15. The molecular weight excluding hydrogens is 354 g/mol. The topological polar surface area (TPSA) is 73.1 Å². The lowest BCUT2D eigenvalue weighted by atomic mass is 9.95. The molecule has 4 rings (SSSR count). The number of imidazole rings is 1. The van der Waals surface area contributed by atoms with Crippen molar-refractivity contribution in [1.29, 1.82) is 0 Å². The third-order valence-corrected chi connectivity index (χ3v) is 5.17. The second kappa shape index (κ2) is 8.21. The fourth-order valence-corrected chi connectivity index (χ4v) is 3.73. The van der Waals surface area contributed by atoms with E-state index in [0.29, 0.717) is 30.5 Å². The van der Waals surface area contributed by atoms with Crippen LogP contribution in [-0.4, -0.2) is 50.5 Å². The number of carbonyl (C=O) groups excluding carboxylic acids is 1.